The molecule has 0 aliphatic heterocycles. The zero-order valence-corrected chi connectivity index (χ0v) is 10.9. The molecule has 0 unspecified atom stereocenters. The smallest absolute Gasteiger partial charge is 0.208 e. The molecular formula is C11H19ClN4. The topological polar surface area (TPSA) is 53.6 Å². The second kappa shape index (κ2) is 6.35. The van der Waals surface area contributed by atoms with Gasteiger partial charge in [-0.2, -0.15) is 0 Å². The molecule has 0 aliphatic rings. The van der Waals surface area contributed by atoms with Crippen LogP contribution in [0.15, 0.2) is 23.2 Å². The quantitative estimate of drug-likeness (QED) is 0.472. The number of hydrogen-bond donors (Lipinski definition) is 2. The number of halogens is 1. The largest absolute Gasteiger partial charge is 0.369 e. The van der Waals surface area contributed by atoms with Gasteiger partial charge in [0, 0.05) is 14.1 Å². The van der Waals surface area contributed by atoms with Crippen molar-refractivity contribution >= 4 is 24.1 Å². The lowest BCUT2D eigenvalue weighted by Crippen LogP contribution is -2.41. The van der Waals surface area contributed by atoms with Gasteiger partial charge in [-0.3, -0.25) is 5.43 Å². The Bertz CT molecular complexity index is 354. The van der Waals surface area contributed by atoms with Crippen molar-refractivity contribution in [2.45, 2.75) is 13.8 Å². The van der Waals surface area contributed by atoms with Crippen LogP contribution in [-0.2, 0) is 0 Å². The maximum absolute atomic E-state index is 5.74. The molecule has 0 fully saturated rings. The number of hydrazine groups is 1. The fraction of sp³-hybridized carbons (Fsp3) is 0.364. The van der Waals surface area contributed by atoms with Crippen molar-refractivity contribution in [3.63, 3.8) is 0 Å². The van der Waals surface area contributed by atoms with Crippen LogP contribution in [0.5, 0.6) is 0 Å². The van der Waals surface area contributed by atoms with Crippen LogP contribution in [0.3, 0.4) is 0 Å². The first-order valence-electron chi connectivity index (χ1n) is 4.85. The van der Waals surface area contributed by atoms with Gasteiger partial charge in [-0.25, -0.2) is 10.0 Å². The highest BCUT2D eigenvalue weighted by atomic mass is 35.5. The molecule has 1 aromatic carbocycles. The number of rotatable bonds is 2. The predicted molar refractivity (Wildman–Crippen MR) is 71.3 cm³/mol. The molecule has 0 bridgehead atoms. The Kier molecular flexibility index (Phi) is 5.85. The summed E-state index contributed by atoms with van der Waals surface area (Å²) in [7, 11) is 3.74. The van der Waals surface area contributed by atoms with Gasteiger partial charge in [0.1, 0.15) is 0 Å². The predicted octanol–water partition coefficient (Wildman–Crippen LogP) is 1.74. The third-order valence-corrected chi connectivity index (χ3v) is 2.01. The molecule has 0 saturated heterocycles. The molecule has 0 aliphatic carbocycles. The fourth-order valence-electron chi connectivity index (χ4n) is 1.36. The highest BCUT2D eigenvalue weighted by Crippen LogP contribution is 2.22. The second-order valence-electron chi connectivity index (χ2n) is 3.74. The first kappa shape index (κ1) is 14.7. The van der Waals surface area contributed by atoms with Gasteiger partial charge in [0.25, 0.3) is 0 Å². The van der Waals surface area contributed by atoms with E-state index in [1.807, 2.05) is 46.1 Å². The molecule has 0 amide bonds. The Morgan fingerprint density at radius 1 is 1.25 bits per heavy atom. The molecule has 1 aromatic rings. The van der Waals surface area contributed by atoms with Crippen LogP contribution in [-0.4, -0.2) is 25.1 Å². The van der Waals surface area contributed by atoms with Crippen molar-refractivity contribution in [1.82, 2.24) is 10.4 Å². The van der Waals surface area contributed by atoms with E-state index in [4.69, 9.17) is 5.73 Å². The number of guanidine groups is 1. The van der Waals surface area contributed by atoms with E-state index in [1.165, 1.54) is 0 Å². The average molecular weight is 243 g/mol. The number of hydrogen-bond acceptors (Lipinski definition) is 2. The first-order valence-corrected chi connectivity index (χ1v) is 4.85. The minimum absolute atomic E-state index is 0. The monoisotopic (exact) mass is 242 g/mol. The van der Waals surface area contributed by atoms with Crippen LogP contribution in [0, 0.1) is 13.8 Å². The Balaban J connectivity index is 0.00000225. The first-order chi connectivity index (χ1) is 7.00. The van der Waals surface area contributed by atoms with Crippen LogP contribution in [0.2, 0.25) is 0 Å². The second-order valence-corrected chi connectivity index (χ2v) is 3.74. The maximum atomic E-state index is 5.74. The summed E-state index contributed by atoms with van der Waals surface area (Å²) in [6, 6.07) is 6.06. The van der Waals surface area contributed by atoms with Crippen LogP contribution < -0.4 is 11.2 Å². The lowest BCUT2D eigenvalue weighted by Gasteiger charge is -2.13. The van der Waals surface area contributed by atoms with Gasteiger partial charge in [0.05, 0.1) is 5.69 Å². The summed E-state index contributed by atoms with van der Waals surface area (Å²) in [4.78, 5) is 4.34. The minimum atomic E-state index is 0. The number of aryl methyl sites for hydroxylation is 2. The number of aliphatic imine (C=N–C) groups is 1. The minimum Gasteiger partial charge on any atom is -0.369 e. The molecule has 0 saturated carbocycles. The van der Waals surface area contributed by atoms with E-state index in [1.54, 1.807) is 5.01 Å². The van der Waals surface area contributed by atoms with Crippen LogP contribution in [0.25, 0.3) is 0 Å². The van der Waals surface area contributed by atoms with E-state index in [-0.39, 0.29) is 12.4 Å². The van der Waals surface area contributed by atoms with Gasteiger partial charge in [-0.05, 0) is 25.0 Å². The third-order valence-electron chi connectivity index (χ3n) is 2.01. The molecular weight excluding hydrogens is 224 g/mol. The van der Waals surface area contributed by atoms with E-state index >= 15 is 0 Å². The normalized spacial score (nSPS) is 11.2. The van der Waals surface area contributed by atoms with Gasteiger partial charge in [0.2, 0.25) is 5.96 Å². The summed E-state index contributed by atoms with van der Waals surface area (Å²) in [5.41, 5.74) is 11.8. The summed E-state index contributed by atoms with van der Waals surface area (Å²) < 4.78 is 0. The van der Waals surface area contributed by atoms with E-state index in [0.717, 1.165) is 16.8 Å². The number of nitrogens with zero attached hydrogens (tertiary/aromatic N) is 2. The summed E-state index contributed by atoms with van der Waals surface area (Å²) in [5, 5.41) is 1.76. The van der Waals surface area contributed by atoms with Crippen LogP contribution >= 0.6 is 12.4 Å². The van der Waals surface area contributed by atoms with E-state index in [2.05, 4.69) is 10.4 Å². The van der Waals surface area contributed by atoms with E-state index < -0.39 is 0 Å². The number of nitrogens with one attached hydrogen (secondary N) is 1. The molecule has 1 rings (SSSR count). The molecule has 5 heteroatoms. The molecule has 0 heterocycles. The zero-order valence-electron chi connectivity index (χ0n) is 10.1. The van der Waals surface area contributed by atoms with Gasteiger partial charge in [-0.1, -0.05) is 18.2 Å². The Hall–Kier alpha value is -1.26. The fourth-order valence-corrected chi connectivity index (χ4v) is 1.36. The number of nitrogens with two attached hydrogens (primary N) is 1. The molecule has 0 radical (unpaired) electrons. The number of benzene rings is 1. The van der Waals surface area contributed by atoms with Crippen molar-refractivity contribution in [1.29, 1.82) is 0 Å². The maximum Gasteiger partial charge on any atom is 0.208 e. The molecule has 0 spiro atoms. The zero-order chi connectivity index (χ0) is 11.4. The van der Waals surface area contributed by atoms with Crippen molar-refractivity contribution in [3.8, 4) is 0 Å². The number of para-hydroxylation sites is 1. The SMILES string of the molecule is Cc1cccc(C)c1N=C(N)NN(C)C.Cl. The van der Waals surface area contributed by atoms with Crippen LogP contribution in [0.4, 0.5) is 5.69 Å². The van der Waals surface area contributed by atoms with Crippen molar-refractivity contribution in [2.24, 2.45) is 10.7 Å². The van der Waals surface area contributed by atoms with Crippen LogP contribution in [0.1, 0.15) is 11.1 Å². The molecule has 16 heavy (non-hydrogen) atoms. The summed E-state index contributed by atoms with van der Waals surface area (Å²) >= 11 is 0. The molecule has 4 nitrogen and oxygen atoms in total. The standard InChI is InChI=1S/C11H18N4.ClH/c1-8-6-5-7-9(2)10(8)13-11(12)14-15(3)4;/h5-7H,1-4H3,(H3,12,13,14);1H. The lowest BCUT2D eigenvalue weighted by molar-refractivity contribution is 0.360. The Morgan fingerprint density at radius 3 is 2.19 bits per heavy atom. The molecule has 0 aromatic heterocycles. The van der Waals surface area contributed by atoms with E-state index in [0.29, 0.717) is 5.96 Å². The van der Waals surface area contributed by atoms with E-state index in [9.17, 15) is 0 Å². The average Bonchev–Trinajstić information content (AvgIpc) is 2.10. The Labute approximate surface area is 103 Å². The van der Waals surface area contributed by atoms with Gasteiger partial charge >= 0.3 is 0 Å². The van der Waals surface area contributed by atoms with Gasteiger partial charge in [0.15, 0.2) is 0 Å². The Morgan fingerprint density at radius 2 is 1.75 bits per heavy atom. The molecule has 90 valence electrons. The lowest BCUT2D eigenvalue weighted by atomic mass is 10.1. The van der Waals surface area contributed by atoms with Crippen molar-refractivity contribution < 1.29 is 0 Å². The molecule has 0 atom stereocenters. The highest BCUT2D eigenvalue weighted by molar-refractivity contribution is 5.85. The summed E-state index contributed by atoms with van der Waals surface area (Å²) in [6.07, 6.45) is 0. The van der Waals surface area contributed by atoms with Crippen molar-refractivity contribution in [2.75, 3.05) is 14.1 Å². The summed E-state index contributed by atoms with van der Waals surface area (Å²) in [6.45, 7) is 4.05. The summed E-state index contributed by atoms with van der Waals surface area (Å²) in [5.74, 6) is 0.400. The highest BCUT2D eigenvalue weighted by Gasteiger charge is 2.01. The third kappa shape index (κ3) is 4.08. The molecule has 3 N–H and O–H groups in total. The van der Waals surface area contributed by atoms with Gasteiger partial charge in [-0.15, -0.1) is 12.4 Å². The van der Waals surface area contributed by atoms with Crippen molar-refractivity contribution in [3.05, 3.63) is 29.3 Å². The van der Waals surface area contributed by atoms with Gasteiger partial charge < -0.3 is 5.73 Å².